The van der Waals surface area contributed by atoms with Crippen LogP contribution in [-0.4, -0.2) is 39.6 Å². The number of nitrogens with one attached hydrogen (secondary N) is 1. The van der Waals surface area contributed by atoms with Crippen molar-refractivity contribution in [1.82, 2.24) is 15.5 Å². The fourth-order valence-corrected chi connectivity index (χ4v) is 2.68. The van der Waals surface area contributed by atoms with Crippen molar-refractivity contribution in [3.05, 3.63) is 5.51 Å². The van der Waals surface area contributed by atoms with Crippen LogP contribution in [-0.2, 0) is 4.79 Å². The molecule has 90 valence electrons. The van der Waals surface area contributed by atoms with Crippen LogP contribution in [0.2, 0.25) is 0 Å². The molecule has 0 bridgehead atoms. The third-order valence-electron chi connectivity index (χ3n) is 1.91. The summed E-state index contributed by atoms with van der Waals surface area (Å²) in [6, 6.07) is -0.458. The summed E-state index contributed by atoms with van der Waals surface area (Å²) >= 11 is 3.02. The summed E-state index contributed by atoms with van der Waals surface area (Å²) in [7, 11) is 0. The number of thioether (sulfide) groups is 1. The van der Waals surface area contributed by atoms with Crippen LogP contribution in [0.4, 0.5) is 0 Å². The molecule has 1 aromatic rings. The van der Waals surface area contributed by atoms with Crippen molar-refractivity contribution in [1.29, 1.82) is 0 Å². The summed E-state index contributed by atoms with van der Waals surface area (Å²) < 4.78 is 0.889. The molecule has 1 rings (SSSR count). The van der Waals surface area contributed by atoms with E-state index in [1.807, 2.05) is 6.92 Å². The zero-order valence-corrected chi connectivity index (χ0v) is 10.7. The van der Waals surface area contributed by atoms with Crippen molar-refractivity contribution in [3.8, 4) is 0 Å². The van der Waals surface area contributed by atoms with Crippen LogP contribution in [0, 0.1) is 0 Å². The molecule has 0 aromatic carbocycles. The number of carbonyl (C=O) groups is 1. The van der Waals surface area contributed by atoms with Gasteiger partial charge in [0.25, 0.3) is 0 Å². The zero-order chi connectivity index (χ0) is 11.8. The Balaban J connectivity index is 2.24. The standard InChI is InChI=1S/C9H15N3O2S2/c1-2-4-10-7(8(13)14)3-5-15-9-12-11-6-16-9/h6-7,10H,2-5H2,1H3,(H,13,14). The molecule has 0 radical (unpaired) electrons. The second-order valence-corrected chi connectivity index (χ2v) is 5.36. The van der Waals surface area contributed by atoms with Gasteiger partial charge in [-0.15, -0.1) is 10.2 Å². The molecule has 7 heteroatoms. The number of aromatic nitrogens is 2. The first kappa shape index (κ1) is 13.4. The smallest absolute Gasteiger partial charge is 0.320 e. The minimum Gasteiger partial charge on any atom is -0.480 e. The lowest BCUT2D eigenvalue weighted by Gasteiger charge is -2.12. The van der Waals surface area contributed by atoms with Crippen LogP contribution in [0.15, 0.2) is 9.85 Å². The zero-order valence-electron chi connectivity index (χ0n) is 9.05. The molecular weight excluding hydrogens is 246 g/mol. The molecule has 0 aliphatic rings. The van der Waals surface area contributed by atoms with Crippen LogP contribution in [0.3, 0.4) is 0 Å². The Morgan fingerprint density at radius 3 is 3.12 bits per heavy atom. The number of hydrogen-bond acceptors (Lipinski definition) is 6. The summed E-state index contributed by atoms with van der Waals surface area (Å²) in [6.07, 6.45) is 1.53. The second-order valence-electron chi connectivity index (χ2n) is 3.19. The average molecular weight is 261 g/mol. The highest BCUT2D eigenvalue weighted by Crippen LogP contribution is 2.20. The SMILES string of the molecule is CCCNC(CCSc1nncs1)C(=O)O. The normalized spacial score (nSPS) is 12.6. The van der Waals surface area contributed by atoms with Gasteiger partial charge in [-0.3, -0.25) is 4.79 Å². The Labute approximate surface area is 103 Å². The summed E-state index contributed by atoms with van der Waals surface area (Å²) in [5, 5.41) is 19.6. The number of carboxylic acid groups (broad SMARTS) is 1. The molecule has 0 spiro atoms. The van der Waals surface area contributed by atoms with E-state index >= 15 is 0 Å². The van der Waals surface area contributed by atoms with Gasteiger partial charge >= 0.3 is 5.97 Å². The molecule has 1 unspecified atom stereocenters. The third kappa shape index (κ3) is 4.91. The largest absolute Gasteiger partial charge is 0.480 e. The quantitative estimate of drug-likeness (QED) is 0.690. The molecule has 16 heavy (non-hydrogen) atoms. The first-order chi connectivity index (χ1) is 7.74. The van der Waals surface area contributed by atoms with Gasteiger partial charge in [-0.05, 0) is 19.4 Å². The minimum absolute atomic E-state index is 0.458. The molecule has 0 aliphatic heterocycles. The number of nitrogens with zero attached hydrogens (tertiary/aromatic N) is 2. The van der Waals surface area contributed by atoms with Gasteiger partial charge in [-0.2, -0.15) is 0 Å². The fraction of sp³-hybridized carbons (Fsp3) is 0.667. The lowest BCUT2D eigenvalue weighted by atomic mass is 10.2. The number of aliphatic carboxylic acids is 1. The van der Waals surface area contributed by atoms with Gasteiger partial charge in [0.05, 0.1) is 0 Å². The Morgan fingerprint density at radius 2 is 2.56 bits per heavy atom. The van der Waals surface area contributed by atoms with Crippen molar-refractivity contribution in [2.24, 2.45) is 0 Å². The van der Waals surface area contributed by atoms with Crippen LogP contribution in [0.25, 0.3) is 0 Å². The molecule has 1 atom stereocenters. The predicted octanol–water partition coefficient (Wildman–Crippen LogP) is 1.47. The van der Waals surface area contributed by atoms with Crippen LogP contribution >= 0.6 is 23.1 Å². The topological polar surface area (TPSA) is 75.1 Å². The molecule has 0 saturated carbocycles. The lowest BCUT2D eigenvalue weighted by molar-refractivity contribution is -0.139. The van der Waals surface area contributed by atoms with Gasteiger partial charge < -0.3 is 10.4 Å². The van der Waals surface area contributed by atoms with Crippen LogP contribution < -0.4 is 5.32 Å². The van der Waals surface area contributed by atoms with Crippen molar-refractivity contribution in [2.75, 3.05) is 12.3 Å². The van der Waals surface area contributed by atoms with E-state index in [-0.39, 0.29) is 0 Å². The summed E-state index contributed by atoms with van der Waals surface area (Å²) in [6.45, 7) is 2.75. The van der Waals surface area contributed by atoms with Crippen LogP contribution in [0.1, 0.15) is 19.8 Å². The van der Waals surface area contributed by atoms with Gasteiger partial charge in [-0.1, -0.05) is 30.0 Å². The van der Waals surface area contributed by atoms with E-state index < -0.39 is 12.0 Å². The van der Waals surface area contributed by atoms with E-state index in [0.29, 0.717) is 6.42 Å². The molecule has 0 amide bonds. The van der Waals surface area contributed by atoms with Crippen molar-refractivity contribution in [3.63, 3.8) is 0 Å². The van der Waals surface area contributed by atoms with Gasteiger partial charge in [0, 0.05) is 5.75 Å². The first-order valence-electron chi connectivity index (χ1n) is 5.09. The molecule has 0 aliphatic carbocycles. The van der Waals surface area contributed by atoms with E-state index in [4.69, 9.17) is 5.11 Å². The van der Waals surface area contributed by atoms with E-state index in [9.17, 15) is 4.79 Å². The monoisotopic (exact) mass is 261 g/mol. The maximum atomic E-state index is 10.9. The average Bonchev–Trinajstić information content (AvgIpc) is 2.75. The third-order valence-corrected chi connectivity index (χ3v) is 3.80. The highest BCUT2D eigenvalue weighted by atomic mass is 32.2. The second kappa shape index (κ2) is 7.59. The fourth-order valence-electron chi connectivity index (χ4n) is 1.12. The molecule has 1 aromatic heterocycles. The maximum absolute atomic E-state index is 10.9. The van der Waals surface area contributed by atoms with E-state index in [1.165, 1.54) is 11.3 Å². The van der Waals surface area contributed by atoms with Gasteiger partial charge in [0.2, 0.25) is 0 Å². The minimum atomic E-state index is -0.786. The highest BCUT2D eigenvalue weighted by molar-refractivity contribution is 8.00. The number of carboxylic acids is 1. The van der Waals surface area contributed by atoms with Crippen molar-refractivity contribution >= 4 is 29.1 Å². The Hall–Kier alpha value is -0.660. The first-order valence-corrected chi connectivity index (χ1v) is 6.95. The van der Waals surface area contributed by atoms with Gasteiger partial charge in [-0.25, -0.2) is 0 Å². The Bertz CT molecular complexity index is 306. The summed E-state index contributed by atoms with van der Waals surface area (Å²) in [5.74, 6) is -0.0469. The Morgan fingerprint density at radius 1 is 1.75 bits per heavy atom. The maximum Gasteiger partial charge on any atom is 0.320 e. The van der Waals surface area contributed by atoms with Crippen molar-refractivity contribution in [2.45, 2.75) is 30.1 Å². The molecule has 2 N–H and O–H groups in total. The van der Waals surface area contributed by atoms with Crippen LogP contribution in [0.5, 0.6) is 0 Å². The van der Waals surface area contributed by atoms with E-state index in [1.54, 1.807) is 17.3 Å². The van der Waals surface area contributed by atoms with E-state index in [0.717, 1.165) is 23.1 Å². The predicted molar refractivity (Wildman–Crippen MR) is 65.0 cm³/mol. The molecule has 0 saturated heterocycles. The number of hydrogen-bond donors (Lipinski definition) is 2. The molecule has 1 heterocycles. The number of rotatable bonds is 8. The lowest BCUT2D eigenvalue weighted by Crippen LogP contribution is -2.37. The summed E-state index contributed by atoms with van der Waals surface area (Å²) in [5.41, 5.74) is 1.67. The molecule has 5 nitrogen and oxygen atoms in total. The van der Waals surface area contributed by atoms with Crippen molar-refractivity contribution < 1.29 is 9.90 Å². The molecule has 0 fully saturated rings. The molecular formula is C9H15N3O2S2. The van der Waals surface area contributed by atoms with Gasteiger partial charge in [0.1, 0.15) is 11.6 Å². The van der Waals surface area contributed by atoms with Gasteiger partial charge in [0.15, 0.2) is 4.34 Å². The Kier molecular flexibility index (Phi) is 6.36. The highest BCUT2D eigenvalue weighted by Gasteiger charge is 2.15. The summed E-state index contributed by atoms with van der Waals surface area (Å²) in [4.78, 5) is 10.9. The van der Waals surface area contributed by atoms with E-state index in [2.05, 4.69) is 15.5 Å².